The fourth-order valence-electron chi connectivity index (χ4n) is 2.67. The van der Waals surface area contributed by atoms with Crippen LogP contribution in [0.2, 0.25) is 0 Å². The Morgan fingerprint density at radius 2 is 1.64 bits per heavy atom. The number of hydrogen-bond donors (Lipinski definition) is 2. The molecule has 2 rings (SSSR count). The average molecular weight is 389 g/mol. The Morgan fingerprint density at radius 1 is 0.964 bits per heavy atom. The van der Waals surface area contributed by atoms with Gasteiger partial charge in [-0.1, -0.05) is 12.1 Å². The van der Waals surface area contributed by atoms with Crippen LogP contribution < -0.4 is 24.8 Å². The van der Waals surface area contributed by atoms with E-state index >= 15 is 0 Å². The Hall–Kier alpha value is -2.96. The molecular weight excluding hydrogens is 361 g/mol. The Labute approximate surface area is 165 Å². The number of hydrogen-bond acceptors (Lipinski definition) is 4. The van der Waals surface area contributed by atoms with Crippen LogP contribution in [0.3, 0.4) is 0 Å². The summed E-state index contributed by atoms with van der Waals surface area (Å²) < 4.78 is 29.8. The number of methoxy groups -OCH3 is 3. The minimum atomic E-state index is -0.210. The summed E-state index contributed by atoms with van der Waals surface area (Å²) in [6.45, 7) is 5.33. The first-order valence-corrected chi connectivity index (χ1v) is 9.08. The molecule has 152 valence electrons. The van der Waals surface area contributed by atoms with Crippen LogP contribution in [0, 0.1) is 12.7 Å². The van der Waals surface area contributed by atoms with Gasteiger partial charge >= 0.3 is 0 Å². The van der Waals surface area contributed by atoms with E-state index in [9.17, 15) is 4.39 Å². The second-order valence-corrected chi connectivity index (χ2v) is 6.17. The van der Waals surface area contributed by atoms with Crippen molar-refractivity contribution in [3.63, 3.8) is 0 Å². The highest BCUT2D eigenvalue weighted by Gasteiger charge is 2.13. The SMILES string of the molecule is CCNC(=NCc1cc(OC)c(OC)c(OC)c1)NCc1ccc(C)c(F)c1. The minimum Gasteiger partial charge on any atom is -0.493 e. The number of guanidine groups is 1. The van der Waals surface area contributed by atoms with Crippen LogP contribution in [0.5, 0.6) is 17.2 Å². The summed E-state index contributed by atoms with van der Waals surface area (Å²) in [5.74, 6) is 2.14. The molecule has 0 aliphatic rings. The highest BCUT2D eigenvalue weighted by atomic mass is 19.1. The van der Waals surface area contributed by atoms with Gasteiger partial charge < -0.3 is 24.8 Å². The highest BCUT2D eigenvalue weighted by molar-refractivity contribution is 5.79. The van der Waals surface area contributed by atoms with Gasteiger partial charge in [0.25, 0.3) is 0 Å². The van der Waals surface area contributed by atoms with Crippen molar-refractivity contribution in [2.75, 3.05) is 27.9 Å². The number of halogens is 1. The van der Waals surface area contributed by atoms with Gasteiger partial charge in [-0.25, -0.2) is 9.38 Å². The number of aliphatic imine (C=N–C) groups is 1. The van der Waals surface area contributed by atoms with Gasteiger partial charge in [-0.05, 0) is 48.7 Å². The molecule has 0 aliphatic heterocycles. The van der Waals surface area contributed by atoms with E-state index in [1.807, 2.05) is 25.1 Å². The van der Waals surface area contributed by atoms with E-state index in [-0.39, 0.29) is 5.82 Å². The molecule has 0 amide bonds. The van der Waals surface area contributed by atoms with E-state index in [4.69, 9.17) is 14.2 Å². The van der Waals surface area contributed by atoms with Crippen LogP contribution >= 0.6 is 0 Å². The summed E-state index contributed by atoms with van der Waals surface area (Å²) in [6.07, 6.45) is 0. The zero-order valence-corrected chi connectivity index (χ0v) is 17.1. The van der Waals surface area contributed by atoms with Gasteiger partial charge in [-0.2, -0.15) is 0 Å². The summed E-state index contributed by atoms with van der Waals surface area (Å²) in [7, 11) is 4.73. The van der Waals surface area contributed by atoms with Crippen molar-refractivity contribution < 1.29 is 18.6 Å². The largest absolute Gasteiger partial charge is 0.493 e. The van der Waals surface area contributed by atoms with Crippen LogP contribution in [0.15, 0.2) is 35.3 Å². The summed E-state index contributed by atoms with van der Waals surface area (Å²) >= 11 is 0. The summed E-state index contributed by atoms with van der Waals surface area (Å²) in [6, 6.07) is 8.93. The number of benzene rings is 2. The molecule has 2 aromatic carbocycles. The number of nitrogens with one attached hydrogen (secondary N) is 2. The molecule has 0 heterocycles. The normalized spacial score (nSPS) is 11.1. The molecule has 0 aliphatic carbocycles. The van der Waals surface area contributed by atoms with Gasteiger partial charge in [-0.3, -0.25) is 0 Å². The zero-order chi connectivity index (χ0) is 20.5. The zero-order valence-electron chi connectivity index (χ0n) is 17.1. The van der Waals surface area contributed by atoms with Crippen molar-refractivity contribution in [3.05, 3.63) is 52.8 Å². The third-order valence-electron chi connectivity index (χ3n) is 4.18. The van der Waals surface area contributed by atoms with Crippen LogP contribution in [0.4, 0.5) is 4.39 Å². The third kappa shape index (κ3) is 5.52. The monoisotopic (exact) mass is 389 g/mol. The van der Waals surface area contributed by atoms with Crippen molar-refractivity contribution in [2.45, 2.75) is 26.9 Å². The molecule has 0 atom stereocenters. The van der Waals surface area contributed by atoms with E-state index in [1.54, 1.807) is 34.3 Å². The van der Waals surface area contributed by atoms with Crippen LogP contribution in [-0.4, -0.2) is 33.8 Å². The summed E-state index contributed by atoms with van der Waals surface area (Å²) in [4.78, 5) is 4.59. The molecule has 0 spiro atoms. The van der Waals surface area contributed by atoms with E-state index < -0.39 is 0 Å². The van der Waals surface area contributed by atoms with Crippen LogP contribution in [0.1, 0.15) is 23.6 Å². The molecule has 0 saturated carbocycles. The lowest BCUT2D eigenvalue weighted by Gasteiger charge is -2.14. The number of rotatable bonds is 8. The molecule has 6 nitrogen and oxygen atoms in total. The maximum Gasteiger partial charge on any atom is 0.203 e. The second-order valence-electron chi connectivity index (χ2n) is 6.17. The van der Waals surface area contributed by atoms with Crippen LogP contribution in [0.25, 0.3) is 0 Å². The number of aryl methyl sites for hydroxylation is 1. The Kier molecular flexibility index (Phi) is 7.92. The molecule has 0 unspecified atom stereocenters. The summed E-state index contributed by atoms with van der Waals surface area (Å²) in [5, 5.41) is 6.41. The average Bonchev–Trinajstić information content (AvgIpc) is 2.71. The van der Waals surface area contributed by atoms with Crippen molar-refractivity contribution in [1.29, 1.82) is 0 Å². The van der Waals surface area contributed by atoms with Gasteiger partial charge in [0, 0.05) is 13.1 Å². The molecule has 0 saturated heterocycles. The standard InChI is InChI=1S/C21H28FN3O3/c1-6-23-21(24-12-15-8-7-14(2)17(22)9-15)25-13-16-10-18(26-3)20(28-5)19(11-16)27-4/h7-11H,6,12-13H2,1-5H3,(H2,23,24,25). The molecule has 7 heteroatoms. The summed E-state index contributed by atoms with van der Waals surface area (Å²) in [5.41, 5.74) is 2.39. The van der Waals surface area contributed by atoms with Crippen molar-refractivity contribution in [3.8, 4) is 17.2 Å². The predicted molar refractivity (Wildman–Crippen MR) is 109 cm³/mol. The molecule has 0 radical (unpaired) electrons. The molecule has 2 aromatic rings. The molecule has 28 heavy (non-hydrogen) atoms. The molecule has 2 N–H and O–H groups in total. The Morgan fingerprint density at radius 3 is 2.18 bits per heavy atom. The fraction of sp³-hybridized carbons (Fsp3) is 0.381. The van der Waals surface area contributed by atoms with E-state index in [2.05, 4.69) is 15.6 Å². The van der Waals surface area contributed by atoms with Crippen molar-refractivity contribution >= 4 is 5.96 Å². The molecular formula is C21H28FN3O3. The van der Waals surface area contributed by atoms with E-state index in [0.29, 0.717) is 48.4 Å². The fourth-order valence-corrected chi connectivity index (χ4v) is 2.67. The minimum absolute atomic E-state index is 0.210. The lowest BCUT2D eigenvalue weighted by Crippen LogP contribution is -2.36. The van der Waals surface area contributed by atoms with Gasteiger partial charge in [0.2, 0.25) is 5.75 Å². The molecule has 0 fully saturated rings. The second kappa shape index (κ2) is 10.4. The van der Waals surface area contributed by atoms with Crippen molar-refractivity contribution in [2.24, 2.45) is 4.99 Å². The predicted octanol–water partition coefficient (Wildman–Crippen LogP) is 3.42. The first-order valence-electron chi connectivity index (χ1n) is 9.08. The van der Waals surface area contributed by atoms with Crippen LogP contribution in [-0.2, 0) is 13.1 Å². The highest BCUT2D eigenvalue weighted by Crippen LogP contribution is 2.38. The lowest BCUT2D eigenvalue weighted by molar-refractivity contribution is 0.324. The van der Waals surface area contributed by atoms with E-state index in [0.717, 1.165) is 11.1 Å². The van der Waals surface area contributed by atoms with Crippen molar-refractivity contribution in [1.82, 2.24) is 10.6 Å². The topological polar surface area (TPSA) is 64.1 Å². The lowest BCUT2D eigenvalue weighted by atomic mass is 10.1. The van der Waals surface area contributed by atoms with Gasteiger partial charge in [0.15, 0.2) is 17.5 Å². The maximum absolute atomic E-state index is 13.7. The number of nitrogens with zero attached hydrogens (tertiary/aromatic N) is 1. The Balaban J connectivity index is 2.14. The van der Waals surface area contributed by atoms with Gasteiger partial charge in [-0.15, -0.1) is 0 Å². The van der Waals surface area contributed by atoms with Gasteiger partial charge in [0.1, 0.15) is 5.82 Å². The van der Waals surface area contributed by atoms with E-state index in [1.165, 1.54) is 6.07 Å². The first-order chi connectivity index (χ1) is 13.5. The quantitative estimate of drug-likeness (QED) is 0.535. The Bertz CT molecular complexity index is 800. The molecule has 0 bridgehead atoms. The number of ether oxygens (including phenoxy) is 3. The first kappa shape index (κ1) is 21.3. The molecule has 0 aromatic heterocycles. The smallest absolute Gasteiger partial charge is 0.203 e. The third-order valence-corrected chi connectivity index (χ3v) is 4.18. The maximum atomic E-state index is 13.7. The van der Waals surface area contributed by atoms with Gasteiger partial charge in [0.05, 0.1) is 27.9 Å².